The van der Waals surface area contributed by atoms with E-state index >= 15 is 0 Å². The molecule has 0 unspecified atom stereocenters. The first-order chi connectivity index (χ1) is 31.2. The van der Waals surface area contributed by atoms with Gasteiger partial charge in [-0.05, 0) is 0 Å². The number of nitrogens with zero attached hydrogens (tertiary/aromatic N) is 18. The summed E-state index contributed by atoms with van der Waals surface area (Å²) < 4.78 is 0. The summed E-state index contributed by atoms with van der Waals surface area (Å²) in [6.45, 7) is 0. The third-order valence-electron chi connectivity index (χ3n) is 0. The van der Waals surface area contributed by atoms with E-state index in [-0.39, 0.29) is 324 Å². The molecule has 0 bridgehead atoms. The molecule has 0 N–H and O–H groups in total. The molecule has 0 amide bonds. The van der Waals surface area contributed by atoms with Crippen molar-refractivity contribution in [3.63, 3.8) is 0 Å². The van der Waals surface area contributed by atoms with Crippen molar-refractivity contribution in [1.82, 2.24) is 0 Å². The van der Waals surface area contributed by atoms with Crippen molar-refractivity contribution < 1.29 is 416 Å². The Hall–Kier alpha value is -4.53. The van der Waals surface area contributed by atoms with Gasteiger partial charge in [0.05, 0.1) is 91.6 Å². The van der Waals surface area contributed by atoms with E-state index in [2.05, 4.69) is 0 Å². The van der Waals surface area contributed by atoms with Crippen LogP contribution in [-0.4, -0.2) is 91.6 Å². The molecule has 0 saturated heterocycles. The molecule has 0 aromatic carbocycles. The Kier molecular flexibility index (Phi) is 707. The van der Waals surface area contributed by atoms with Crippen molar-refractivity contribution in [2.45, 2.75) is 0 Å². The fraction of sp³-hybridized carbons (Fsp3) is 0. The van der Waals surface area contributed by atoms with Gasteiger partial charge in [-0.1, -0.05) is 0 Å². The third kappa shape index (κ3) is 29000. The van der Waals surface area contributed by atoms with Gasteiger partial charge in [-0.3, -0.25) is 0 Å². The zero-order valence-corrected chi connectivity index (χ0v) is 57.8. The van der Waals surface area contributed by atoms with E-state index in [9.17, 15) is 0 Å². The first kappa shape index (κ1) is 258. The van der Waals surface area contributed by atoms with Gasteiger partial charge in [-0.2, -0.15) is 0 Å². The Labute approximate surface area is 684 Å². The fourth-order valence-electron chi connectivity index (χ4n) is 0. The molecule has 527 valence electrons. The van der Waals surface area contributed by atoms with Crippen LogP contribution in [0, 0.1) is 276 Å². The zero-order chi connectivity index (χ0) is 64.4. The van der Waals surface area contributed by atoms with E-state index in [0.717, 1.165) is 0 Å². The molecule has 0 rings (SSSR count). The Balaban J connectivity index is -0.00000000958. The van der Waals surface area contributed by atoms with E-state index < -0.39 is 91.6 Å². The minimum atomic E-state index is -1.75. The van der Waals surface area contributed by atoms with E-state index in [0.29, 0.717) is 0 Å². The minimum absolute atomic E-state index is 0. The maximum absolute atomic E-state index is 8.25. The third-order valence-corrected chi connectivity index (χ3v) is 0. The van der Waals surface area contributed by atoms with Crippen molar-refractivity contribution >= 4 is 0 Å². The average molecular weight is 2180 g/mol. The summed E-state index contributed by atoms with van der Waals surface area (Å²) in [7, 11) is 0. The molecule has 72 nitrogen and oxygen atoms in total. The molecular weight excluding hydrogens is 2180 g/mol. The van der Waals surface area contributed by atoms with Crippen LogP contribution < -0.4 is 0 Å². The molecule has 0 aliphatic heterocycles. The smallest absolute Gasteiger partial charge is 0.356 e. The van der Waals surface area contributed by atoms with Gasteiger partial charge >= 0.3 is 324 Å². The monoisotopic (exact) mass is 2180 g/mol. The van der Waals surface area contributed by atoms with E-state index in [4.69, 9.17) is 276 Å². The summed E-state index contributed by atoms with van der Waals surface area (Å²) in [6.07, 6.45) is 0. The summed E-state index contributed by atoms with van der Waals surface area (Å²) in [5, 5.41) is 266. The number of rotatable bonds is 0. The molecule has 0 aliphatic rings. The van der Waals surface area contributed by atoms with Gasteiger partial charge in [0.2, 0.25) is 0 Å². The second-order valence-electron chi connectivity index (χ2n) is 4.02. The van der Waals surface area contributed by atoms with Crippen LogP contribution in [0.25, 0.3) is 0 Å². The van der Waals surface area contributed by atoms with E-state index in [1.54, 1.807) is 0 Å². The predicted molar refractivity (Wildman–Crippen MR) is 187 cm³/mol. The molecule has 91 heavy (non-hydrogen) atoms. The van der Waals surface area contributed by atoms with Gasteiger partial charge in [0.25, 0.3) is 0 Å². The predicted octanol–water partition coefficient (Wildman–Crippen LogP) is -4.35. The van der Waals surface area contributed by atoms with Crippen LogP contribution in [0.1, 0.15) is 0 Å². The SMILES string of the molecule is O=[N+]([O-])[O-].O=[N+]([O-])[O-].O=[N+]([O-])[O-].O=[N+]([O-])[O-].O=[N+]([O-])[O-].O=[N+]([O-])[O-].O=[N+]([O-])[O-].O=[N+]([O-])[O-].O=[N+]([O-])[O-].O=[N+]([O-])[O-].O=[N+]([O-])[O-].O=[N+]([O-])[O-].O=[N+]([O-])[O-].O=[N+]([O-])[O-].O=[N+]([O-])[O-].O=[N+]([O-])[O-].O=[N+]([O-])[O-].O=[N+]([O-])[O-].[Fe+3].[Fe+3].[Fe+3].[Fe+3].[Fe+3].[Fe+3].[Fe+3].[Fe+3].[Fe+3].[Fe+3].[Fe+3].[Fe+3].[Fe+3].[Fe+3].[Fe+3].[Fe+3].[Fe+3].[Fe+3].[Fe+3]. The summed E-state index contributed by atoms with van der Waals surface area (Å²) in [6, 6.07) is 0. The Bertz CT molecular complexity index is 990. The number of hydrogen-bond donors (Lipinski definition) is 0. The zero-order valence-electron chi connectivity index (χ0n) is 36.8. The van der Waals surface area contributed by atoms with Crippen molar-refractivity contribution in [2.24, 2.45) is 0 Å². The Morgan fingerprint density at radius 2 is 0.0769 bits per heavy atom. The van der Waals surface area contributed by atoms with Gasteiger partial charge < -0.3 is 276 Å². The Morgan fingerprint density at radius 1 is 0.0769 bits per heavy atom. The molecule has 0 saturated carbocycles. The summed E-state index contributed by atoms with van der Waals surface area (Å²) in [4.78, 5) is 148. The van der Waals surface area contributed by atoms with Crippen molar-refractivity contribution in [3.8, 4) is 0 Å². The average Bonchev–Trinajstić information content (AvgIpc) is 2.91. The number of hydrogen-bond acceptors (Lipinski definition) is 54. The second kappa shape index (κ2) is 249. The first-order valence-electron chi connectivity index (χ1n) is 9.86. The topological polar surface area (TPSA) is 1190 Å². The maximum Gasteiger partial charge on any atom is 3.00 e. The fourth-order valence-corrected chi connectivity index (χ4v) is 0. The van der Waals surface area contributed by atoms with Crippen LogP contribution in [0.3, 0.4) is 0 Å². The van der Waals surface area contributed by atoms with Crippen molar-refractivity contribution in [1.29, 1.82) is 0 Å². The van der Waals surface area contributed by atoms with Crippen molar-refractivity contribution in [3.05, 3.63) is 276 Å². The molecule has 0 aromatic rings. The van der Waals surface area contributed by atoms with Crippen LogP contribution >= 0.6 is 0 Å². The van der Waals surface area contributed by atoms with Gasteiger partial charge in [0.15, 0.2) is 0 Å². The molecule has 91 heteroatoms. The van der Waals surface area contributed by atoms with Gasteiger partial charge in [-0.15, -0.1) is 0 Å². The van der Waals surface area contributed by atoms with Crippen LogP contribution in [0.4, 0.5) is 0 Å². The molecule has 19 radical (unpaired) electrons. The summed E-state index contributed by atoms with van der Waals surface area (Å²) in [5.74, 6) is 0. The Morgan fingerprint density at radius 3 is 0.0769 bits per heavy atom. The molecule has 0 heterocycles. The van der Waals surface area contributed by atoms with Gasteiger partial charge in [-0.25, -0.2) is 0 Å². The van der Waals surface area contributed by atoms with E-state index in [1.807, 2.05) is 0 Å². The van der Waals surface area contributed by atoms with Gasteiger partial charge in [0, 0.05) is 0 Å². The molecule has 0 aliphatic carbocycles. The van der Waals surface area contributed by atoms with Crippen LogP contribution in [0.5, 0.6) is 0 Å². The maximum atomic E-state index is 8.25. The molecule has 0 spiro atoms. The van der Waals surface area contributed by atoms with Gasteiger partial charge in [0.1, 0.15) is 0 Å². The summed E-state index contributed by atoms with van der Waals surface area (Å²) >= 11 is 0. The normalized spacial score (nSPS) is 4.75. The molecule has 0 fully saturated rings. The second-order valence-corrected chi connectivity index (χ2v) is 4.02. The van der Waals surface area contributed by atoms with Crippen LogP contribution in [0.2, 0.25) is 0 Å². The molecule has 0 atom stereocenters. The standard InChI is InChI=1S/19Fe.18NO3/c;;;;;;;;;;;;;;;;;;;18*2-1(3)4/q19*+3;18*-1. The van der Waals surface area contributed by atoms with Crippen molar-refractivity contribution in [2.75, 3.05) is 0 Å². The van der Waals surface area contributed by atoms with E-state index in [1.165, 1.54) is 0 Å². The summed E-state index contributed by atoms with van der Waals surface area (Å²) in [5.41, 5.74) is 0. The van der Waals surface area contributed by atoms with Crippen LogP contribution in [0.15, 0.2) is 0 Å². The van der Waals surface area contributed by atoms with Crippen LogP contribution in [-0.2, 0) is 324 Å². The minimum Gasteiger partial charge on any atom is -0.356 e. The quantitative estimate of drug-likeness (QED) is 0.126. The largest absolute Gasteiger partial charge is 3.00 e. The molecule has 0 aromatic heterocycles. The molecular formula is Fe19N18O54+39. The first-order valence-corrected chi connectivity index (χ1v) is 9.86.